The number of rotatable bonds is 5. The third-order valence-corrected chi connectivity index (χ3v) is 3.74. The van der Waals surface area contributed by atoms with Crippen molar-refractivity contribution in [3.05, 3.63) is 6.33 Å². The van der Waals surface area contributed by atoms with Gasteiger partial charge in [0.15, 0.2) is 5.16 Å². The minimum Gasteiger partial charge on any atom is -0.313 e. The third-order valence-electron chi connectivity index (χ3n) is 2.75. The van der Waals surface area contributed by atoms with E-state index in [1.54, 1.807) is 18.1 Å². The van der Waals surface area contributed by atoms with E-state index in [4.69, 9.17) is 0 Å². The van der Waals surface area contributed by atoms with Gasteiger partial charge in [-0.15, -0.1) is 0 Å². The quantitative estimate of drug-likeness (QED) is 0.752. The smallest absolute Gasteiger partial charge is 0.183 e. The zero-order valence-electron chi connectivity index (χ0n) is 9.07. The standard InChI is InChI=1S/C10H18N4S/c1-8(15-10-12-7-13-14-10)6-11-9-4-2-3-5-9/h7-9,11H,2-6H2,1H3,(H,12,13,14). The molecular formula is C10H18N4S. The number of hydrogen-bond acceptors (Lipinski definition) is 4. The van der Waals surface area contributed by atoms with Crippen molar-refractivity contribution in [3.8, 4) is 0 Å². The van der Waals surface area contributed by atoms with Gasteiger partial charge in [0.25, 0.3) is 0 Å². The molecular weight excluding hydrogens is 208 g/mol. The molecule has 1 heterocycles. The van der Waals surface area contributed by atoms with E-state index in [9.17, 15) is 0 Å². The summed E-state index contributed by atoms with van der Waals surface area (Å²) in [7, 11) is 0. The highest BCUT2D eigenvalue weighted by Gasteiger charge is 2.15. The zero-order valence-corrected chi connectivity index (χ0v) is 9.89. The maximum absolute atomic E-state index is 4.10. The second kappa shape index (κ2) is 5.51. The van der Waals surface area contributed by atoms with Crippen LogP contribution < -0.4 is 5.32 Å². The Bertz CT molecular complexity index is 269. The van der Waals surface area contributed by atoms with Gasteiger partial charge in [-0.1, -0.05) is 31.5 Å². The zero-order chi connectivity index (χ0) is 10.5. The van der Waals surface area contributed by atoms with Crippen molar-refractivity contribution < 1.29 is 0 Å². The fraction of sp³-hybridized carbons (Fsp3) is 0.800. The Morgan fingerprint density at radius 1 is 1.60 bits per heavy atom. The normalized spacial score (nSPS) is 19.5. The SMILES string of the molecule is CC(CNC1CCCC1)Sc1ncn[nH]1. The molecule has 5 heteroatoms. The Morgan fingerprint density at radius 2 is 2.40 bits per heavy atom. The molecule has 1 fully saturated rings. The van der Waals surface area contributed by atoms with Gasteiger partial charge in [0, 0.05) is 17.8 Å². The van der Waals surface area contributed by atoms with E-state index < -0.39 is 0 Å². The van der Waals surface area contributed by atoms with Crippen LogP contribution >= 0.6 is 11.8 Å². The average Bonchev–Trinajstić information content (AvgIpc) is 2.86. The van der Waals surface area contributed by atoms with E-state index in [2.05, 4.69) is 27.4 Å². The molecule has 84 valence electrons. The fourth-order valence-corrected chi connectivity index (χ4v) is 2.72. The van der Waals surface area contributed by atoms with Crippen LogP contribution in [0.25, 0.3) is 0 Å². The molecule has 1 aliphatic rings. The maximum Gasteiger partial charge on any atom is 0.183 e. The van der Waals surface area contributed by atoms with E-state index in [1.807, 2.05) is 0 Å². The van der Waals surface area contributed by atoms with Crippen LogP contribution in [0.5, 0.6) is 0 Å². The molecule has 1 aromatic heterocycles. The van der Waals surface area contributed by atoms with Crippen molar-refractivity contribution in [3.63, 3.8) is 0 Å². The molecule has 0 amide bonds. The lowest BCUT2D eigenvalue weighted by atomic mass is 10.2. The number of nitrogens with one attached hydrogen (secondary N) is 2. The first-order valence-corrected chi connectivity index (χ1v) is 6.48. The first kappa shape index (κ1) is 11.0. The fourth-order valence-electron chi connectivity index (χ4n) is 1.95. The van der Waals surface area contributed by atoms with Gasteiger partial charge in [-0.05, 0) is 12.8 Å². The molecule has 1 atom stereocenters. The largest absolute Gasteiger partial charge is 0.313 e. The first-order valence-electron chi connectivity index (χ1n) is 5.60. The Labute approximate surface area is 94.6 Å². The summed E-state index contributed by atoms with van der Waals surface area (Å²) < 4.78 is 0. The number of aromatic nitrogens is 3. The molecule has 0 saturated heterocycles. The van der Waals surface area contributed by atoms with Crippen molar-refractivity contribution in [2.45, 2.75) is 49.1 Å². The molecule has 0 aromatic carbocycles. The highest BCUT2D eigenvalue weighted by Crippen LogP contribution is 2.20. The van der Waals surface area contributed by atoms with Gasteiger partial charge in [0.2, 0.25) is 0 Å². The third kappa shape index (κ3) is 3.50. The summed E-state index contributed by atoms with van der Waals surface area (Å²) in [5.74, 6) is 0. The predicted molar refractivity (Wildman–Crippen MR) is 62.0 cm³/mol. The van der Waals surface area contributed by atoms with Crippen molar-refractivity contribution >= 4 is 11.8 Å². The second-order valence-electron chi connectivity index (χ2n) is 4.11. The van der Waals surface area contributed by atoms with Crippen LogP contribution in [0.2, 0.25) is 0 Å². The van der Waals surface area contributed by atoms with Crippen LogP contribution in [0.3, 0.4) is 0 Å². The van der Waals surface area contributed by atoms with Crippen molar-refractivity contribution in [1.82, 2.24) is 20.5 Å². The first-order chi connectivity index (χ1) is 7.34. The Morgan fingerprint density at radius 3 is 3.07 bits per heavy atom. The van der Waals surface area contributed by atoms with Gasteiger partial charge >= 0.3 is 0 Å². The Kier molecular flexibility index (Phi) is 4.02. The summed E-state index contributed by atoms with van der Waals surface area (Å²) in [5.41, 5.74) is 0. The molecule has 4 nitrogen and oxygen atoms in total. The van der Waals surface area contributed by atoms with Crippen LogP contribution in [0, 0.1) is 0 Å². The summed E-state index contributed by atoms with van der Waals surface area (Å²) in [5, 5.41) is 11.8. The summed E-state index contributed by atoms with van der Waals surface area (Å²) in [4.78, 5) is 4.10. The van der Waals surface area contributed by atoms with Crippen LogP contribution in [0.1, 0.15) is 32.6 Å². The number of nitrogens with zero attached hydrogens (tertiary/aromatic N) is 2. The lowest BCUT2D eigenvalue weighted by Gasteiger charge is -2.15. The summed E-state index contributed by atoms with van der Waals surface area (Å²) in [6, 6.07) is 0.753. The molecule has 1 aliphatic carbocycles. The monoisotopic (exact) mass is 226 g/mol. The molecule has 2 N–H and O–H groups in total. The highest BCUT2D eigenvalue weighted by atomic mass is 32.2. The van der Waals surface area contributed by atoms with Crippen LogP contribution in [0.4, 0.5) is 0 Å². The average molecular weight is 226 g/mol. The summed E-state index contributed by atoms with van der Waals surface area (Å²) in [6.45, 7) is 3.27. The number of aromatic amines is 1. The van der Waals surface area contributed by atoms with Crippen molar-refractivity contribution in [2.75, 3.05) is 6.54 Å². The van der Waals surface area contributed by atoms with Gasteiger partial charge in [-0.25, -0.2) is 4.98 Å². The van der Waals surface area contributed by atoms with Gasteiger partial charge < -0.3 is 5.32 Å². The van der Waals surface area contributed by atoms with Gasteiger partial charge in [0.05, 0.1) is 0 Å². The lowest BCUT2D eigenvalue weighted by Crippen LogP contribution is -2.31. The van der Waals surface area contributed by atoms with E-state index in [-0.39, 0.29) is 0 Å². The molecule has 2 rings (SSSR count). The molecule has 0 aliphatic heterocycles. The minimum absolute atomic E-state index is 0.540. The van der Waals surface area contributed by atoms with Crippen LogP contribution in [0.15, 0.2) is 11.5 Å². The van der Waals surface area contributed by atoms with E-state index in [1.165, 1.54) is 25.7 Å². The van der Waals surface area contributed by atoms with Gasteiger partial charge in [-0.2, -0.15) is 5.10 Å². The van der Waals surface area contributed by atoms with E-state index >= 15 is 0 Å². The molecule has 0 radical (unpaired) electrons. The van der Waals surface area contributed by atoms with Crippen molar-refractivity contribution in [1.29, 1.82) is 0 Å². The highest BCUT2D eigenvalue weighted by molar-refractivity contribution is 7.99. The van der Waals surface area contributed by atoms with Crippen LogP contribution in [-0.2, 0) is 0 Å². The van der Waals surface area contributed by atoms with E-state index in [0.29, 0.717) is 5.25 Å². The lowest BCUT2D eigenvalue weighted by molar-refractivity contribution is 0.527. The van der Waals surface area contributed by atoms with E-state index in [0.717, 1.165) is 17.7 Å². The molecule has 1 saturated carbocycles. The van der Waals surface area contributed by atoms with Gasteiger partial charge in [-0.3, -0.25) is 5.10 Å². The number of H-pyrrole nitrogens is 1. The van der Waals surface area contributed by atoms with Crippen molar-refractivity contribution in [2.24, 2.45) is 0 Å². The maximum atomic E-state index is 4.10. The van der Waals surface area contributed by atoms with Gasteiger partial charge in [0.1, 0.15) is 6.33 Å². The Hall–Kier alpha value is -0.550. The molecule has 1 unspecified atom stereocenters. The minimum atomic E-state index is 0.540. The molecule has 15 heavy (non-hydrogen) atoms. The summed E-state index contributed by atoms with van der Waals surface area (Å²) >= 11 is 1.74. The molecule has 0 bridgehead atoms. The molecule has 0 spiro atoms. The molecule has 1 aromatic rings. The predicted octanol–water partition coefficient (Wildman–Crippen LogP) is 1.82. The number of thioether (sulfide) groups is 1. The number of hydrogen-bond donors (Lipinski definition) is 2. The second-order valence-corrected chi connectivity index (χ2v) is 5.54. The summed E-state index contributed by atoms with van der Waals surface area (Å²) in [6.07, 6.45) is 7.03. The topological polar surface area (TPSA) is 53.6 Å². The van der Waals surface area contributed by atoms with Crippen LogP contribution in [-0.4, -0.2) is 33.0 Å². The Balaban J connectivity index is 1.66.